The van der Waals surface area contributed by atoms with Crippen molar-refractivity contribution in [3.8, 4) is 0 Å². The molecule has 1 unspecified atom stereocenters. The van der Waals surface area contributed by atoms with Crippen molar-refractivity contribution in [1.29, 1.82) is 0 Å². The topological polar surface area (TPSA) is 68.1 Å². The second-order valence-electron chi connectivity index (χ2n) is 8.25. The van der Waals surface area contributed by atoms with Gasteiger partial charge in [-0.2, -0.15) is 0 Å². The Labute approximate surface area is 173 Å². The predicted octanol–water partition coefficient (Wildman–Crippen LogP) is 3.46. The minimum atomic E-state index is 0.0350. The molecular formula is C22H24N4O2S. The third kappa shape index (κ3) is 3.27. The van der Waals surface area contributed by atoms with Gasteiger partial charge in [-0.1, -0.05) is 6.92 Å². The average molecular weight is 409 g/mol. The molecule has 1 saturated heterocycles. The first-order chi connectivity index (χ1) is 14.1. The summed E-state index contributed by atoms with van der Waals surface area (Å²) in [7, 11) is 0. The molecule has 0 radical (unpaired) electrons. The number of aromatic nitrogens is 3. The van der Waals surface area contributed by atoms with Crippen molar-refractivity contribution in [3.05, 3.63) is 57.2 Å². The highest BCUT2D eigenvalue weighted by Crippen LogP contribution is 2.36. The molecule has 1 aliphatic heterocycles. The highest BCUT2D eigenvalue weighted by molar-refractivity contribution is 7.18. The summed E-state index contributed by atoms with van der Waals surface area (Å²) in [6.07, 6.45) is 9.73. The van der Waals surface area contributed by atoms with Gasteiger partial charge in [0.15, 0.2) is 0 Å². The highest BCUT2D eigenvalue weighted by atomic mass is 32.1. The van der Waals surface area contributed by atoms with Crippen LogP contribution in [0.5, 0.6) is 0 Å². The Morgan fingerprint density at radius 1 is 1.17 bits per heavy atom. The molecule has 0 N–H and O–H groups in total. The van der Waals surface area contributed by atoms with Crippen molar-refractivity contribution < 1.29 is 4.79 Å². The van der Waals surface area contributed by atoms with Crippen LogP contribution in [0.1, 0.15) is 53.0 Å². The Morgan fingerprint density at radius 3 is 2.69 bits per heavy atom. The van der Waals surface area contributed by atoms with E-state index in [1.165, 1.54) is 10.4 Å². The normalized spacial score (nSPS) is 20.0. The Kier molecular flexibility index (Phi) is 4.70. The zero-order valence-corrected chi connectivity index (χ0v) is 17.3. The van der Waals surface area contributed by atoms with E-state index in [9.17, 15) is 9.59 Å². The molecule has 1 amide bonds. The van der Waals surface area contributed by atoms with Crippen LogP contribution in [0.4, 0.5) is 0 Å². The molecule has 150 valence electrons. The lowest BCUT2D eigenvalue weighted by molar-refractivity contribution is 0.0693. The summed E-state index contributed by atoms with van der Waals surface area (Å²) in [4.78, 5) is 38.7. The lowest BCUT2D eigenvalue weighted by Crippen LogP contribution is -2.40. The van der Waals surface area contributed by atoms with Crippen LogP contribution in [0.15, 0.2) is 35.6 Å². The number of rotatable bonds is 2. The Bertz CT molecular complexity index is 1110. The van der Waals surface area contributed by atoms with E-state index in [-0.39, 0.29) is 17.5 Å². The standard InChI is InChI=1S/C22H24N4O2S/c1-14-2-3-17-18(12-14)29-20-19(17)22(28)26(13-24-20)16-6-10-25(11-7-16)21(27)15-4-8-23-9-5-15/h4-5,8-9,13-14,16H,2-3,6-7,10-12H2,1H3. The van der Waals surface area contributed by atoms with E-state index in [0.29, 0.717) is 24.6 Å². The molecule has 7 heteroatoms. The number of hydrogen-bond donors (Lipinski definition) is 0. The Morgan fingerprint density at radius 2 is 1.93 bits per heavy atom. The number of pyridine rings is 1. The van der Waals surface area contributed by atoms with E-state index in [1.807, 2.05) is 9.47 Å². The molecule has 1 aliphatic carbocycles. The van der Waals surface area contributed by atoms with Gasteiger partial charge in [0.2, 0.25) is 0 Å². The summed E-state index contributed by atoms with van der Waals surface area (Å²) < 4.78 is 1.82. The van der Waals surface area contributed by atoms with Gasteiger partial charge in [-0.3, -0.25) is 19.1 Å². The highest BCUT2D eigenvalue weighted by Gasteiger charge is 2.28. The smallest absolute Gasteiger partial charge is 0.262 e. The van der Waals surface area contributed by atoms with E-state index >= 15 is 0 Å². The zero-order valence-electron chi connectivity index (χ0n) is 16.5. The second-order valence-corrected chi connectivity index (χ2v) is 9.33. The largest absolute Gasteiger partial charge is 0.338 e. The number of carbonyl (C=O) groups excluding carboxylic acids is 1. The second kappa shape index (κ2) is 7.37. The number of carbonyl (C=O) groups is 1. The van der Waals surface area contributed by atoms with E-state index < -0.39 is 0 Å². The van der Waals surface area contributed by atoms with Gasteiger partial charge in [0.25, 0.3) is 11.5 Å². The fraction of sp³-hybridized carbons (Fsp3) is 0.455. The number of nitrogens with zero attached hydrogens (tertiary/aromatic N) is 4. The van der Waals surface area contributed by atoms with Crippen LogP contribution < -0.4 is 5.56 Å². The van der Waals surface area contributed by atoms with E-state index in [1.54, 1.807) is 42.2 Å². The minimum absolute atomic E-state index is 0.0350. The van der Waals surface area contributed by atoms with Crippen LogP contribution in [0.25, 0.3) is 10.2 Å². The van der Waals surface area contributed by atoms with Crippen molar-refractivity contribution in [2.75, 3.05) is 13.1 Å². The Hall–Kier alpha value is -2.54. The first-order valence-corrected chi connectivity index (χ1v) is 11.1. The number of hydrogen-bond acceptors (Lipinski definition) is 5. The fourth-order valence-electron chi connectivity index (χ4n) is 4.63. The molecule has 1 fully saturated rings. The maximum atomic E-state index is 13.3. The van der Waals surface area contributed by atoms with Gasteiger partial charge in [0, 0.05) is 42.0 Å². The quantitative estimate of drug-likeness (QED) is 0.651. The first kappa shape index (κ1) is 18.5. The number of amides is 1. The fourth-order valence-corrected chi connectivity index (χ4v) is 5.97. The third-order valence-electron chi connectivity index (χ3n) is 6.31. The van der Waals surface area contributed by atoms with Gasteiger partial charge >= 0.3 is 0 Å². The summed E-state index contributed by atoms with van der Waals surface area (Å²) in [6.45, 7) is 3.57. The summed E-state index contributed by atoms with van der Waals surface area (Å²) >= 11 is 1.69. The number of aryl methyl sites for hydroxylation is 1. The van der Waals surface area contributed by atoms with Crippen molar-refractivity contribution in [2.45, 2.75) is 45.1 Å². The van der Waals surface area contributed by atoms with Crippen molar-refractivity contribution in [2.24, 2.45) is 5.92 Å². The van der Waals surface area contributed by atoms with Crippen molar-refractivity contribution >= 4 is 27.5 Å². The zero-order chi connectivity index (χ0) is 20.0. The van der Waals surface area contributed by atoms with Crippen LogP contribution in [0.2, 0.25) is 0 Å². The number of piperidine rings is 1. The third-order valence-corrected chi connectivity index (χ3v) is 7.48. The number of thiophene rings is 1. The molecule has 2 aliphatic rings. The molecule has 29 heavy (non-hydrogen) atoms. The van der Waals surface area contributed by atoms with E-state index in [4.69, 9.17) is 0 Å². The molecule has 6 nitrogen and oxygen atoms in total. The van der Waals surface area contributed by atoms with Gasteiger partial charge in [0.05, 0.1) is 11.7 Å². The molecule has 1 atom stereocenters. The molecule has 5 rings (SSSR count). The Balaban J connectivity index is 1.38. The average Bonchev–Trinajstić information content (AvgIpc) is 3.12. The maximum absolute atomic E-state index is 13.3. The molecule has 0 aromatic carbocycles. The molecule has 3 aromatic rings. The lowest BCUT2D eigenvalue weighted by Gasteiger charge is -2.32. The monoisotopic (exact) mass is 408 g/mol. The summed E-state index contributed by atoms with van der Waals surface area (Å²) in [5.74, 6) is 0.716. The predicted molar refractivity (Wildman–Crippen MR) is 113 cm³/mol. The van der Waals surface area contributed by atoms with Crippen LogP contribution >= 0.6 is 11.3 Å². The molecule has 0 saturated carbocycles. The SMILES string of the molecule is CC1CCc2c(sc3ncn(C4CCN(C(=O)c5ccncc5)CC4)c(=O)c23)C1. The van der Waals surface area contributed by atoms with Crippen molar-refractivity contribution in [1.82, 2.24) is 19.4 Å². The van der Waals surface area contributed by atoms with Gasteiger partial charge in [-0.05, 0) is 55.7 Å². The minimum Gasteiger partial charge on any atom is -0.338 e. The molecule has 4 heterocycles. The molecular weight excluding hydrogens is 384 g/mol. The van der Waals surface area contributed by atoms with Gasteiger partial charge < -0.3 is 4.90 Å². The first-order valence-electron chi connectivity index (χ1n) is 10.3. The number of likely N-dealkylation sites (tertiary alicyclic amines) is 1. The summed E-state index contributed by atoms with van der Waals surface area (Å²) in [5.41, 5.74) is 2.00. The van der Waals surface area contributed by atoms with E-state index in [0.717, 1.165) is 42.3 Å². The van der Waals surface area contributed by atoms with Crippen LogP contribution in [-0.4, -0.2) is 38.4 Å². The molecule has 0 bridgehead atoms. The molecule has 3 aromatic heterocycles. The van der Waals surface area contributed by atoms with Crippen LogP contribution in [0.3, 0.4) is 0 Å². The van der Waals surface area contributed by atoms with Gasteiger partial charge in [-0.15, -0.1) is 11.3 Å². The van der Waals surface area contributed by atoms with Gasteiger partial charge in [-0.25, -0.2) is 4.98 Å². The summed E-state index contributed by atoms with van der Waals surface area (Å²) in [6, 6.07) is 3.59. The van der Waals surface area contributed by atoms with Crippen molar-refractivity contribution in [3.63, 3.8) is 0 Å². The van der Waals surface area contributed by atoms with Crippen LogP contribution in [-0.2, 0) is 12.8 Å². The lowest BCUT2D eigenvalue weighted by atomic mass is 9.89. The van der Waals surface area contributed by atoms with Crippen LogP contribution in [0, 0.1) is 5.92 Å². The molecule has 0 spiro atoms. The van der Waals surface area contributed by atoms with Gasteiger partial charge in [0.1, 0.15) is 4.83 Å². The maximum Gasteiger partial charge on any atom is 0.262 e. The van der Waals surface area contributed by atoms with E-state index in [2.05, 4.69) is 16.9 Å². The number of fused-ring (bicyclic) bond motifs is 3. The summed E-state index contributed by atoms with van der Waals surface area (Å²) in [5, 5.41) is 0.842.